The summed E-state index contributed by atoms with van der Waals surface area (Å²) in [5.41, 5.74) is 2.40. The largest absolute Gasteiger partial charge is 0.381 e. The number of pyridine rings is 1. The van der Waals surface area contributed by atoms with Crippen LogP contribution in [0.25, 0.3) is 11.1 Å². The van der Waals surface area contributed by atoms with Gasteiger partial charge >= 0.3 is 0 Å². The first-order valence-corrected chi connectivity index (χ1v) is 7.74. The van der Waals surface area contributed by atoms with Gasteiger partial charge in [0.2, 0.25) is 0 Å². The molecule has 3 rings (SSSR count). The van der Waals surface area contributed by atoms with Crippen molar-refractivity contribution in [2.45, 2.75) is 33.1 Å². The van der Waals surface area contributed by atoms with Gasteiger partial charge < -0.3 is 14.6 Å². The topological polar surface area (TPSA) is 77.2 Å². The fourth-order valence-electron chi connectivity index (χ4n) is 2.40. The van der Waals surface area contributed by atoms with Crippen molar-refractivity contribution in [3.05, 3.63) is 23.0 Å². The lowest BCUT2D eigenvalue weighted by atomic mass is 10.1. The monoisotopic (exact) mass is 303 g/mol. The molecule has 1 fully saturated rings. The third-order valence-electron chi connectivity index (χ3n) is 3.79. The zero-order valence-electron chi connectivity index (χ0n) is 13.0. The van der Waals surface area contributed by atoms with E-state index in [4.69, 9.17) is 9.26 Å². The van der Waals surface area contributed by atoms with E-state index in [9.17, 15) is 4.79 Å². The number of nitrogens with one attached hydrogen (secondary N) is 1. The molecular weight excluding hydrogens is 282 g/mol. The van der Waals surface area contributed by atoms with Crippen molar-refractivity contribution in [3.8, 4) is 0 Å². The molecule has 1 N–H and O–H groups in total. The summed E-state index contributed by atoms with van der Waals surface area (Å²) in [6.07, 6.45) is 3.41. The van der Waals surface area contributed by atoms with Crippen LogP contribution in [0.4, 0.5) is 0 Å². The number of hydrogen-bond donors (Lipinski definition) is 1. The second kappa shape index (κ2) is 6.44. The molecule has 0 unspecified atom stereocenters. The van der Waals surface area contributed by atoms with Crippen molar-refractivity contribution in [3.63, 3.8) is 0 Å². The normalized spacial score (nSPS) is 14.5. The summed E-state index contributed by atoms with van der Waals surface area (Å²) in [7, 11) is 0. The molecular formula is C16H21N3O3. The summed E-state index contributed by atoms with van der Waals surface area (Å²) in [5, 5.41) is 7.50. The minimum absolute atomic E-state index is 0.121. The van der Waals surface area contributed by atoms with Crippen molar-refractivity contribution in [1.82, 2.24) is 15.5 Å². The van der Waals surface area contributed by atoms with Gasteiger partial charge in [0.05, 0.1) is 16.6 Å². The highest BCUT2D eigenvalue weighted by Gasteiger charge is 2.21. The van der Waals surface area contributed by atoms with Gasteiger partial charge in [-0.3, -0.25) is 4.79 Å². The van der Waals surface area contributed by atoms with Gasteiger partial charge in [-0.25, -0.2) is 4.98 Å². The van der Waals surface area contributed by atoms with E-state index < -0.39 is 0 Å². The number of carbonyl (C=O) groups is 1. The quantitative estimate of drug-likeness (QED) is 0.795. The number of fused-ring (bicyclic) bond motifs is 1. The molecule has 1 amide bonds. The Bertz CT molecular complexity index is 677. The number of rotatable bonds is 7. The molecule has 2 aromatic heterocycles. The Labute approximate surface area is 129 Å². The maximum absolute atomic E-state index is 12.4. The van der Waals surface area contributed by atoms with Crippen LogP contribution in [0.2, 0.25) is 0 Å². The van der Waals surface area contributed by atoms with E-state index in [2.05, 4.69) is 15.5 Å². The predicted molar refractivity (Wildman–Crippen MR) is 81.8 cm³/mol. The van der Waals surface area contributed by atoms with Crippen LogP contribution in [-0.4, -0.2) is 35.8 Å². The van der Waals surface area contributed by atoms with Crippen molar-refractivity contribution < 1.29 is 14.1 Å². The highest BCUT2D eigenvalue weighted by Crippen LogP contribution is 2.28. The van der Waals surface area contributed by atoms with Crippen LogP contribution in [-0.2, 0) is 4.74 Å². The minimum Gasteiger partial charge on any atom is -0.381 e. The van der Waals surface area contributed by atoms with E-state index in [0.717, 1.165) is 24.6 Å². The van der Waals surface area contributed by atoms with Gasteiger partial charge in [0.15, 0.2) is 0 Å². The maximum atomic E-state index is 12.4. The number of nitrogens with zero attached hydrogens (tertiary/aromatic N) is 2. The average Bonchev–Trinajstić information content (AvgIpc) is 3.25. The highest BCUT2D eigenvalue weighted by atomic mass is 16.5. The van der Waals surface area contributed by atoms with Crippen LogP contribution < -0.4 is 5.32 Å². The molecule has 0 aromatic carbocycles. The summed E-state index contributed by atoms with van der Waals surface area (Å²) in [5.74, 6) is 0.656. The molecule has 0 spiro atoms. The number of aryl methyl sites for hydroxylation is 2. The summed E-state index contributed by atoms with van der Waals surface area (Å²) in [6, 6.07) is 1.77. The first-order valence-electron chi connectivity index (χ1n) is 7.74. The Morgan fingerprint density at radius 1 is 1.45 bits per heavy atom. The number of ether oxygens (including phenoxy) is 1. The van der Waals surface area contributed by atoms with Crippen LogP contribution in [0.15, 0.2) is 10.6 Å². The zero-order chi connectivity index (χ0) is 15.5. The fourth-order valence-corrected chi connectivity index (χ4v) is 2.40. The Morgan fingerprint density at radius 2 is 2.27 bits per heavy atom. The molecule has 118 valence electrons. The van der Waals surface area contributed by atoms with E-state index in [1.54, 1.807) is 6.07 Å². The van der Waals surface area contributed by atoms with Crippen LogP contribution >= 0.6 is 0 Å². The first kappa shape index (κ1) is 15.0. The number of carbonyl (C=O) groups excluding carboxylic acids is 1. The molecule has 0 aliphatic heterocycles. The third kappa shape index (κ3) is 3.44. The zero-order valence-corrected chi connectivity index (χ0v) is 13.0. The van der Waals surface area contributed by atoms with Gasteiger partial charge in [0.1, 0.15) is 0 Å². The maximum Gasteiger partial charge on any atom is 0.258 e. The second-order valence-electron chi connectivity index (χ2n) is 5.89. The van der Waals surface area contributed by atoms with Gasteiger partial charge in [0, 0.05) is 25.5 Å². The van der Waals surface area contributed by atoms with E-state index in [1.165, 1.54) is 12.8 Å². The van der Waals surface area contributed by atoms with E-state index in [0.29, 0.717) is 35.5 Å². The molecule has 1 saturated carbocycles. The predicted octanol–water partition coefficient (Wildman–Crippen LogP) is 2.39. The van der Waals surface area contributed by atoms with Gasteiger partial charge in [-0.1, -0.05) is 5.16 Å². The molecule has 6 heteroatoms. The van der Waals surface area contributed by atoms with Gasteiger partial charge in [-0.2, -0.15) is 0 Å². The van der Waals surface area contributed by atoms with Gasteiger partial charge in [0.25, 0.3) is 11.6 Å². The molecule has 0 atom stereocenters. The molecule has 22 heavy (non-hydrogen) atoms. The van der Waals surface area contributed by atoms with Crippen molar-refractivity contribution >= 4 is 17.0 Å². The number of aromatic nitrogens is 2. The Kier molecular flexibility index (Phi) is 4.38. The molecule has 0 radical (unpaired) electrons. The van der Waals surface area contributed by atoms with Crippen LogP contribution in [0, 0.1) is 19.8 Å². The lowest BCUT2D eigenvalue weighted by molar-refractivity contribution is 0.0938. The molecule has 0 bridgehead atoms. The SMILES string of the molecule is Cc1cc(C(=O)NCCCOCC2CC2)c2c(C)noc2n1. The molecule has 1 aliphatic carbocycles. The van der Waals surface area contributed by atoms with E-state index in [1.807, 2.05) is 13.8 Å². The lowest BCUT2D eigenvalue weighted by Gasteiger charge is -2.07. The lowest BCUT2D eigenvalue weighted by Crippen LogP contribution is -2.25. The number of amides is 1. The standard InChI is InChI=1S/C16H21N3O3/c1-10-8-13(14-11(2)19-22-16(14)18-10)15(20)17-6-3-7-21-9-12-4-5-12/h8,12H,3-7,9H2,1-2H3,(H,17,20). The Morgan fingerprint density at radius 3 is 3.05 bits per heavy atom. The molecule has 1 aliphatic rings. The summed E-state index contributed by atoms with van der Waals surface area (Å²) >= 11 is 0. The van der Waals surface area contributed by atoms with Crippen LogP contribution in [0.1, 0.15) is 41.0 Å². The van der Waals surface area contributed by atoms with Crippen LogP contribution in [0.3, 0.4) is 0 Å². The smallest absolute Gasteiger partial charge is 0.258 e. The highest BCUT2D eigenvalue weighted by molar-refractivity contribution is 6.05. The van der Waals surface area contributed by atoms with Crippen molar-refractivity contribution in [2.24, 2.45) is 5.92 Å². The average molecular weight is 303 g/mol. The Balaban J connectivity index is 1.56. The van der Waals surface area contributed by atoms with Gasteiger partial charge in [-0.15, -0.1) is 0 Å². The van der Waals surface area contributed by atoms with E-state index in [-0.39, 0.29) is 5.91 Å². The van der Waals surface area contributed by atoms with E-state index >= 15 is 0 Å². The second-order valence-corrected chi connectivity index (χ2v) is 5.89. The summed E-state index contributed by atoms with van der Waals surface area (Å²) in [6.45, 7) is 5.79. The van der Waals surface area contributed by atoms with Crippen LogP contribution in [0.5, 0.6) is 0 Å². The summed E-state index contributed by atoms with van der Waals surface area (Å²) < 4.78 is 10.7. The molecule has 2 aromatic rings. The first-order chi connectivity index (χ1) is 10.6. The minimum atomic E-state index is -0.121. The third-order valence-corrected chi connectivity index (χ3v) is 3.79. The Hall–Kier alpha value is -1.95. The van der Waals surface area contributed by atoms with Crippen molar-refractivity contribution in [2.75, 3.05) is 19.8 Å². The summed E-state index contributed by atoms with van der Waals surface area (Å²) in [4.78, 5) is 16.6. The van der Waals surface area contributed by atoms with Gasteiger partial charge in [-0.05, 0) is 45.1 Å². The number of hydrogen-bond acceptors (Lipinski definition) is 5. The fraction of sp³-hybridized carbons (Fsp3) is 0.562. The molecule has 0 saturated heterocycles. The molecule has 2 heterocycles. The molecule has 6 nitrogen and oxygen atoms in total. The van der Waals surface area contributed by atoms with Crippen molar-refractivity contribution in [1.29, 1.82) is 0 Å².